The fraction of sp³-hybridized carbons (Fsp3) is 0. The number of halogens is 4. The first kappa shape index (κ1) is 13.4. The van der Waals surface area contributed by atoms with Crippen molar-refractivity contribution in [2.45, 2.75) is 0 Å². The molecule has 2 aromatic carbocycles. The van der Waals surface area contributed by atoms with Gasteiger partial charge in [-0.05, 0) is 23.8 Å². The summed E-state index contributed by atoms with van der Waals surface area (Å²) in [5.41, 5.74) is -0.955. The molecule has 2 rings (SSSR count). The first-order chi connectivity index (χ1) is 8.91. The summed E-state index contributed by atoms with van der Waals surface area (Å²) < 4.78 is 40.5. The predicted molar refractivity (Wildman–Crippen MR) is 63.7 cm³/mol. The topological polar surface area (TPSA) is 37.3 Å². The molecule has 0 spiro atoms. The highest BCUT2D eigenvalue weighted by molar-refractivity contribution is 6.30. The molecular weight excluding hydrogens is 281 g/mol. The Morgan fingerprint density at radius 3 is 2.32 bits per heavy atom. The third-order valence-electron chi connectivity index (χ3n) is 2.54. The summed E-state index contributed by atoms with van der Waals surface area (Å²) >= 11 is 5.49. The van der Waals surface area contributed by atoms with Crippen molar-refractivity contribution in [2.24, 2.45) is 0 Å². The Hall–Kier alpha value is -2.01. The average Bonchev–Trinajstić information content (AvgIpc) is 2.36. The molecular formula is C13H6ClF3O2. The van der Waals surface area contributed by atoms with E-state index < -0.39 is 29.0 Å². The van der Waals surface area contributed by atoms with Crippen LogP contribution in [0.15, 0.2) is 30.3 Å². The quantitative estimate of drug-likeness (QED) is 0.901. The lowest BCUT2D eigenvalue weighted by Crippen LogP contribution is -2.03. The molecule has 0 aliphatic carbocycles. The van der Waals surface area contributed by atoms with E-state index in [-0.39, 0.29) is 16.1 Å². The van der Waals surface area contributed by atoms with Gasteiger partial charge in [0.1, 0.15) is 5.82 Å². The smallest absolute Gasteiger partial charge is 0.338 e. The van der Waals surface area contributed by atoms with Crippen molar-refractivity contribution in [3.63, 3.8) is 0 Å². The minimum Gasteiger partial charge on any atom is -0.478 e. The molecule has 0 atom stereocenters. The van der Waals surface area contributed by atoms with E-state index in [1.807, 2.05) is 0 Å². The maximum atomic E-state index is 13.7. The van der Waals surface area contributed by atoms with E-state index in [9.17, 15) is 18.0 Å². The molecule has 1 N–H and O–H groups in total. The van der Waals surface area contributed by atoms with E-state index in [0.717, 1.165) is 18.2 Å². The first-order valence-electron chi connectivity index (χ1n) is 5.08. The fourth-order valence-corrected chi connectivity index (χ4v) is 1.72. The van der Waals surface area contributed by atoms with E-state index >= 15 is 0 Å². The zero-order valence-corrected chi connectivity index (χ0v) is 10.0. The van der Waals surface area contributed by atoms with E-state index in [0.29, 0.717) is 0 Å². The lowest BCUT2D eigenvalue weighted by Gasteiger charge is -2.07. The molecule has 0 radical (unpaired) electrons. The van der Waals surface area contributed by atoms with Gasteiger partial charge >= 0.3 is 5.97 Å². The van der Waals surface area contributed by atoms with Crippen molar-refractivity contribution in [3.05, 3.63) is 58.4 Å². The maximum Gasteiger partial charge on any atom is 0.338 e. The molecule has 2 aromatic rings. The van der Waals surface area contributed by atoms with E-state index in [1.54, 1.807) is 0 Å². The van der Waals surface area contributed by atoms with Crippen molar-refractivity contribution in [2.75, 3.05) is 0 Å². The standard InChI is InChI=1S/C13H6ClF3O2/c14-9-4-1-6(5-10(9)15)7-2-3-8(13(18)19)12(17)11(7)16/h1-5H,(H,18,19). The molecule has 0 unspecified atom stereocenters. The van der Waals surface area contributed by atoms with Gasteiger partial charge < -0.3 is 5.11 Å². The van der Waals surface area contributed by atoms with E-state index in [1.165, 1.54) is 12.1 Å². The highest BCUT2D eigenvalue weighted by Crippen LogP contribution is 2.28. The third-order valence-corrected chi connectivity index (χ3v) is 2.85. The maximum absolute atomic E-state index is 13.7. The summed E-state index contributed by atoms with van der Waals surface area (Å²) in [7, 11) is 0. The van der Waals surface area contributed by atoms with Gasteiger partial charge in [0.05, 0.1) is 10.6 Å². The zero-order valence-electron chi connectivity index (χ0n) is 9.25. The molecule has 98 valence electrons. The van der Waals surface area contributed by atoms with Crippen molar-refractivity contribution >= 4 is 17.6 Å². The van der Waals surface area contributed by atoms with Crippen LogP contribution in [0.5, 0.6) is 0 Å². The van der Waals surface area contributed by atoms with Gasteiger partial charge in [-0.25, -0.2) is 18.0 Å². The Kier molecular flexibility index (Phi) is 3.48. The van der Waals surface area contributed by atoms with Gasteiger partial charge in [-0.2, -0.15) is 0 Å². The van der Waals surface area contributed by atoms with Crippen LogP contribution < -0.4 is 0 Å². The summed E-state index contributed by atoms with van der Waals surface area (Å²) in [6.07, 6.45) is 0. The summed E-state index contributed by atoms with van der Waals surface area (Å²) in [5.74, 6) is -5.19. The summed E-state index contributed by atoms with van der Waals surface area (Å²) in [4.78, 5) is 10.6. The summed E-state index contributed by atoms with van der Waals surface area (Å²) in [6.45, 7) is 0. The zero-order chi connectivity index (χ0) is 14.2. The van der Waals surface area contributed by atoms with Crippen LogP contribution >= 0.6 is 11.6 Å². The molecule has 6 heteroatoms. The van der Waals surface area contributed by atoms with Crippen LogP contribution in [-0.4, -0.2) is 11.1 Å². The molecule has 0 fully saturated rings. The van der Waals surface area contributed by atoms with Crippen molar-refractivity contribution in [1.29, 1.82) is 0 Å². The SMILES string of the molecule is O=C(O)c1ccc(-c2ccc(Cl)c(F)c2)c(F)c1F. The Morgan fingerprint density at radius 1 is 1.05 bits per heavy atom. The molecule has 0 aliphatic heterocycles. The van der Waals surface area contributed by atoms with Crippen LogP contribution in [0.2, 0.25) is 5.02 Å². The van der Waals surface area contributed by atoms with E-state index in [2.05, 4.69) is 0 Å². The Bertz CT molecular complexity index is 671. The molecule has 0 aliphatic rings. The summed E-state index contributed by atoms with van der Waals surface area (Å²) in [6, 6.07) is 5.45. The second-order valence-corrected chi connectivity index (χ2v) is 4.13. The Labute approximate surface area is 111 Å². The monoisotopic (exact) mass is 286 g/mol. The van der Waals surface area contributed by atoms with Crippen LogP contribution in [0, 0.1) is 17.5 Å². The summed E-state index contributed by atoms with van der Waals surface area (Å²) in [5, 5.41) is 8.50. The molecule has 2 nitrogen and oxygen atoms in total. The largest absolute Gasteiger partial charge is 0.478 e. The molecule has 0 saturated carbocycles. The number of aromatic carboxylic acids is 1. The van der Waals surface area contributed by atoms with Crippen LogP contribution in [-0.2, 0) is 0 Å². The van der Waals surface area contributed by atoms with Crippen molar-refractivity contribution in [3.8, 4) is 11.1 Å². The van der Waals surface area contributed by atoms with Crippen molar-refractivity contribution < 1.29 is 23.1 Å². The van der Waals surface area contributed by atoms with Crippen LogP contribution in [0.1, 0.15) is 10.4 Å². The lowest BCUT2D eigenvalue weighted by atomic mass is 10.0. The second-order valence-electron chi connectivity index (χ2n) is 3.72. The molecule has 0 heterocycles. The molecule has 0 saturated heterocycles. The van der Waals surface area contributed by atoms with Crippen LogP contribution in [0.3, 0.4) is 0 Å². The van der Waals surface area contributed by atoms with Crippen molar-refractivity contribution in [1.82, 2.24) is 0 Å². The average molecular weight is 287 g/mol. The van der Waals surface area contributed by atoms with Gasteiger partial charge in [0.15, 0.2) is 11.6 Å². The normalized spacial score (nSPS) is 10.5. The second kappa shape index (κ2) is 4.93. The fourth-order valence-electron chi connectivity index (χ4n) is 1.60. The van der Waals surface area contributed by atoms with Gasteiger partial charge in [-0.1, -0.05) is 23.7 Å². The molecule has 0 bridgehead atoms. The van der Waals surface area contributed by atoms with E-state index in [4.69, 9.17) is 16.7 Å². The van der Waals surface area contributed by atoms with Gasteiger partial charge in [-0.15, -0.1) is 0 Å². The minimum absolute atomic E-state index is 0.0650. The van der Waals surface area contributed by atoms with Gasteiger partial charge in [0.25, 0.3) is 0 Å². The van der Waals surface area contributed by atoms with Gasteiger partial charge in [-0.3, -0.25) is 0 Å². The van der Waals surface area contributed by atoms with Crippen LogP contribution in [0.4, 0.5) is 13.2 Å². The van der Waals surface area contributed by atoms with Gasteiger partial charge in [0.2, 0.25) is 0 Å². The number of benzene rings is 2. The predicted octanol–water partition coefficient (Wildman–Crippen LogP) is 4.12. The minimum atomic E-state index is -1.58. The third kappa shape index (κ3) is 2.42. The lowest BCUT2D eigenvalue weighted by molar-refractivity contribution is 0.0690. The number of carboxylic acids is 1. The molecule has 0 aromatic heterocycles. The number of carbonyl (C=O) groups is 1. The Morgan fingerprint density at radius 2 is 1.74 bits per heavy atom. The Balaban J connectivity index is 2.60. The number of hydrogen-bond acceptors (Lipinski definition) is 1. The van der Waals surface area contributed by atoms with Gasteiger partial charge in [0, 0.05) is 5.56 Å². The number of rotatable bonds is 2. The highest BCUT2D eigenvalue weighted by atomic mass is 35.5. The van der Waals surface area contributed by atoms with Crippen LogP contribution in [0.25, 0.3) is 11.1 Å². The number of hydrogen-bond donors (Lipinski definition) is 1. The highest BCUT2D eigenvalue weighted by Gasteiger charge is 2.19. The molecule has 0 amide bonds. The first-order valence-corrected chi connectivity index (χ1v) is 5.46. The molecule has 19 heavy (non-hydrogen) atoms. The number of carboxylic acid groups (broad SMARTS) is 1.